The van der Waals surface area contributed by atoms with Gasteiger partial charge in [0.25, 0.3) is 0 Å². The highest BCUT2D eigenvalue weighted by atomic mass is 15.1. The maximum atomic E-state index is 5.71. The molecule has 0 saturated heterocycles. The Morgan fingerprint density at radius 2 is 2.10 bits per heavy atom. The standard InChI is InChI=1S/C16H18N4/c1-3-20-14-7-6-12(10-17)9-13(14)19-16(20)15-11(2)5-4-8-18-15/h4-9H,3,10,17H2,1-2H3. The van der Waals surface area contributed by atoms with Crippen LogP contribution in [-0.2, 0) is 13.1 Å². The van der Waals surface area contributed by atoms with Crippen LogP contribution in [0.25, 0.3) is 22.6 Å². The molecule has 1 aromatic carbocycles. The Kier molecular flexibility index (Phi) is 3.24. The molecule has 0 saturated carbocycles. The van der Waals surface area contributed by atoms with Gasteiger partial charge in [-0.3, -0.25) is 4.98 Å². The lowest BCUT2D eigenvalue weighted by molar-refractivity contribution is 0.792. The summed E-state index contributed by atoms with van der Waals surface area (Å²) in [7, 11) is 0. The van der Waals surface area contributed by atoms with E-state index in [0.29, 0.717) is 6.54 Å². The van der Waals surface area contributed by atoms with Crippen molar-refractivity contribution in [3.05, 3.63) is 47.7 Å². The minimum absolute atomic E-state index is 0.535. The number of imidazole rings is 1. The average Bonchev–Trinajstić information content (AvgIpc) is 2.84. The van der Waals surface area contributed by atoms with Crippen LogP contribution < -0.4 is 5.73 Å². The summed E-state index contributed by atoms with van der Waals surface area (Å²) < 4.78 is 2.20. The second kappa shape index (κ2) is 5.06. The number of hydrogen-bond acceptors (Lipinski definition) is 3. The molecule has 2 heterocycles. The third kappa shape index (κ3) is 1.98. The van der Waals surface area contributed by atoms with E-state index in [2.05, 4.69) is 47.7 Å². The maximum Gasteiger partial charge on any atom is 0.160 e. The number of pyridine rings is 1. The van der Waals surface area contributed by atoms with Gasteiger partial charge in [-0.15, -0.1) is 0 Å². The summed E-state index contributed by atoms with van der Waals surface area (Å²) in [5.41, 5.74) is 11.0. The molecule has 0 aliphatic carbocycles. The zero-order chi connectivity index (χ0) is 14.1. The zero-order valence-corrected chi connectivity index (χ0v) is 11.8. The van der Waals surface area contributed by atoms with E-state index >= 15 is 0 Å². The van der Waals surface area contributed by atoms with Crippen molar-refractivity contribution in [3.63, 3.8) is 0 Å². The Morgan fingerprint density at radius 1 is 1.25 bits per heavy atom. The molecule has 20 heavy (non-hydrogen) atoms. The zero-order valence-electron chi connectivity index (χ0n) is 11.8. The van der Waals surface area contributed by atoms with Gasteiger partial charge in [0.1, 0.15) is 5.69 Å². The van der Waals surface area contributed by atoms with Crippen molar-refractivity contribution in [2.75, 3.05) is 0 Å². The summed E-state index contributed by atoms with van der Waals surface area (Å²) in [4.78, 5) is 9.26. The molecule has 0 amide bonds. The van der Waals surface area contributed by atoms with Gasteiger partial charge < -0.3 is 10.3 Å². The van der Waals surface area contributed by atoms with Crippen LogP contribution >= 0.6 is 0 Å². The summed E-state index contributed by atoms with van der Waals surface area (Å²) in [5, 5.41) is 0. The van der Waals surface area contributed by atoms with E-state index in [1.165, 1.54) is 0 Å². The number of benzene rings is 1. The molecule has 0 aliphatic rings. The van der Waals surface area contributed by atoms with E-state index in [4.69, 9.17) is 10.7 Å². The molecule has 3 aromatic rings. The van der Waals surface area contributed by atoms with Crippen molar-refractivity contribution in [1.29, 1.82) is 0 Å². The van der Waals surface area contributed by atoms with Gasteiger partial charge in [-0.05, 0) is 43.2 Å². The molecule has 0 radical (unpaired) electrons. The van der Waals surface area contributed by atoms with Crippen LogP contribution in [0.5, 0.6) is 0 Å². The monoisotopic (exact) mass is 266 g/mol. The van der Waals surface area contributed by atoms with Crippen LogP contribution in [0.4, 0.5) is 0 Å². The van der Waals surface area contributed by atoms with Gasteiger partial charge in [0.2, 0.25) is 0 Å². The number of rotatable bonds is 3. The third-order valence-corrected chi connectivity index (χ3v) is 3.59. The van der Waals surface area contributed by atoms with E-state index in [9.17, 15) is 0 Å². The molecular formula is C16H18N4. The van der Waals surface area contributed by atoms with Gasteiger partial charge in [0.15, 0.2) is 5.82 Å². The average molecular weight is 266 g/mol. The largest absolute Gasteiger partial charge is 0.326 e. The maximum absolute atomic E-state index is 5.71. The Bertz CT molecular complexity index is 758. The first-order chi connectivity index (χ1) is 9.74. The summed E-state index contributed by atoms with van der Waals surface area (Å²) in [6.45, 7) is 5.59. The Hall–Kier alpha value is -2.20. The normalized spacial score (nSPS) is 11.2. The van der Waals surface area contributed by atoms with Crippen molar-refractivity contribution in [2.45, 2.75) is 26.9 Å². The predicted molar refractivity (Wildman–Crippen MR) is 81.3 cm³/mol. The fraction of sp³-hybridized carbons (Fsp3) is 0.250. The summed E-state index contributed by atoms with van der Waals surface area (Å²) >= 11 is 0. The fourth-order valence-corrected chi connectivity index (χ4v) is 2.52. The summed E-state index contributed by atoms with van der Waals surface area (Å²) in [6.07, 6.45) is 1.81. The first kappa shape index (κ1) is 12.8. The van der Waals surface area contributed by atoms with E-state index in [1.54, 1.807) is 0 Å². The van der Waals surface area contributed by atoms with Crippen molar-refractivity contribution in [1.82, 2.24) is 14.5 Å². The minimum atomic E-state index is 0.535. The predicted octanol–water partition coefficient (Wildman–Crippen LogP) is 2.89. The van der Waals surface area contributed by atoms with Crippen LogP contribution in [0.1, 0.15) is 18.1 Å². The quantitative estimate of drug-likeness (QED) is 0.793. The highest BCUT2D eigenvalue weighted by molar-refractivity contribution is 5.81. The molecule has 4 heteroatoms. The molecular weight excluding hydrogens is 248 g/mol. The minimum Gasteiger partial charge on any atom is -0.326 e. The SMILES string of the molecule is CCn1c(-c2ncccc2C)nc2cc(CN)ccc21. The van der Waals surface area contributed by atoms with Crippen molar-refractivity contribution in [2.24, 2.45) is 5.73 Å². The molecule has 0 unspecified atom stereocenters. The molecule has 0 spiro atoms. The molecule has 3 rings (SSSR count). The molecule has 0 atom stereocenters. The lowest BCUT2D eigenvalue weighted by atomic mass is 10.2. The van der Waals surface area contributed by atoms with E-state index in [-0.39, 0.29) is 0 Å². The lowest BCUT2D eigenvalue weighted by Gasteiger charge is -2.07. The highest BCUT2D eigenvalue weighted by Gasteiger charge is 2.14. The molecule has 102 valence electrons. The molecule has 0 aliphatic heterocycles. The van der Waals surface area contributed by atoms with E-state index in [1.807, 2.05) is 12.3 Å². The fourth-order valence-electron chi connectivity index (χ4n) is 2.52. The smallest absolute Gasteiger partial charge is 0.160 e. The lowest BCUT2D eigenvalue weighted by Crippen LogP contribution is -2.00. The van der Waals surface area contributed by atoms with Gasteiger partial charge in [-0.25, -0.2) is 4.98 Å². The van der Waals surface area contributed by atoms with E-state index < -0.39 is 0 Å². The highest BCUT2D eigenvalue weighted by Crippen LogP contribution is 2.26. The van der Waals surface area contributed by atoms with Gasteiger partial charge in [0.05, 0.1) is 11.0 Å². The van der Waals surface area contributed by atoms with Gasteiger partial charge >= 0.3 is 0 Å². The van der Waals surface area contributed by atoms with Crippen molar-refractivity contribution >= 4 is 11.0 Å². The van der Waals surface area contributed by atoms with Crippen LogP contribution in [0.15, 0.2) is 36.5 Å². The molecule has 2 aromatic heterocycles. The van der Waals surface area contributed by atoms with Gasteiger partial charge in [-0.1, -0.05) is 12.1 Å². The third-order valence-electron chi connectivity index (χ3n) is 3.59. The first-order valence-corrected chi connectivity index (χ1v) is 6.85. The van der Waals surface area contributed by atoms with Crippen LogP contribution in [-0.4, -0.2) is 14.5 Å². The van der Waals surface area contributed by atoms with Crippen LogP contribution in [0, 0.1) is 6.92 Å². The number of hydrogen-bond donors (Lipinski definition) is 1. The Morgan fingerprint density at radius 3 is 2.80 bits per heavy atom. The molecule has 0 fully saturated rings. The van der Waals surface area contributed by atoms with Crippen molar-refractivity contribution < 1.29 is 0 Å². The van der Waals surface area contributed by atoms with Gasteiger partial charge in [0, 0.05) is 19.3 Å². The molecule has 0 bridgehead atoms. The molecule has 2 N–H and O–H groups in total. The van der Waals surface area contributed by atoms with Gasteiger partial charge in [-0.2, -0.15) is 0 Å². The van der Waals surface area contributed by atoms with Crippen LogP contribution in [0.2, 0.25) is 0 Å². The van der Waals surface area contributed by atoms with Crippen molar-refractivity contribution in [3.8, 4) is 11.5 Å². The van der Waals surface area contributed by atoms with Crippen LogP contribution in [0.3, 0.4) is 0 Å². The molecule has 4 nitrogen and oxygen atoms in total. The number of aryl methyl sites for hydroxylation is 2. The number of fused-ring (bicyclic) bond motifs is 1. The summed E-state index contributed by atoms with van der Waals surface area (Å²) in [5.74, 6) is 0.926. The van der Waals surface area contributed by atoms with E-state index in [0.717, 1.165) is 40.2 Å². The number of nitrogens with two attached hydrogens (primary N) is 1. The first-order valence-electron chi connectivity index (χ1n) is 6.85. The second-order valence-corrected chi connectivity index (χ2v) is 4.88. The number of aromatic nitrogens is 3. The Labute approximate surface area is 118 Å². The Balaban J connectivity index is 2.28. The topological polar surface area (TPSA) is 56.7 Å². The summed E-state index contributed by atoms with van der Waals surface area (Å²) in [6, 6.07) is 10.2. The number of nitrogens with zero attached hydrogens (tertiary/aromatic N) is 3. The second-order valence-electron chi connectivity index (χ2n) is 4.88.